The van der Waals surface area contributed by atoms with Crippen LogP contribution in [0.2, 0.25) is 0 Å². The maximum absolute atomic E-state index is 12.4. The minimum atomic E-state index is -0.504. The summed E-state index contributed by atoms with van der Waals surface area (Å²) in [5, 5.41) is 14.2. The van der Waals surface area contributed by atoms with Crippen molar-refractivity contribution in [2.24, 2.45) is 0 Å². The number of hydrogen-bond acceptors (Lipinski definition) is 5. The molecule has 3 aromatic rings. The van der Waals surface area contributed by atoms with Crippen LogP contribution < -0.4 is 5.32 Å². The van der Waals surface area contributed by atoms with Gasteiger partial charge in [0.15, 0.2) is 0 Å². The van der Waals surface area contributed by atoms with E-state index in [1.54, 1.807) is 18.3 Å². The second-order valence-electron chi connectivity index (χ2n) is 6.67. The molecule has 0 radical (unpaired) electrons. The standard InChI is InChI=1S/C20H21N5O3/c1-23(2)13-16-5-3-15(4-6-16)12-22-20(26)17-7-8-18(19(11-17)25(27)28)24-10-9-21-14-24/h3-11,14H,12-13H2,1-2H3,(H,22,26). The van der Waals surface area contributed by atoms with Crippen molar-refractivity contribution in [2.75, 3.05) is 14.1 Å². The Morgan fingerprint density at radius 3 is 2.50 bits per heavy atom. The van der Waals surface area contributed by atoms with Gasteiger partial charge in [-0.2, -0.15) is 0 Å². The van der Waals surface area contributed by atoms with E-state index in [1.165, 1.54) is 28.7 Å². The second kappa shape index (κ2) is 8.45. The number of nitro benzene ring substituents is 1. The van der Waals surface area contributed by atoms with Crippen LogP contribution in [0.5, 0.6) is 0 Å². The molecule has 28 heavy (non-hydrogen) atoms. The van der Waals surface area contributed by atoms with Crippen molar-refractivity contribution in [3.63, 3.8) is 0 Å². The van der Waals surface area contributed by atoms with Crippen LogP contribution in [0.4, 0.5) is 5.69 Å². The van der Waals surface area contributed by atoms with E-state index >= 15 is 0 Å². The topological polar surface area (TPSA) is 93.3 Å². The number of benzene rings is 2. The van der Waals surface area contributed by atoms with E-state index in [1.807, 2.05) is 38.4 Å². The highest BCUT2D eigenvalue weighted by atomic mass is 16.6. The highest BCUT2D eigenvalue weighted by Crippen LogP contribution is 2.24. The summed E-state index contributed by atoms with van der Waals surface area (Å²) >= 11 is 0. The van der Waals surface area contributed by atoms with Crippen LogP contribution in [-0.4, -0.2) is 39.4 Å². The summed E-state index contributed by atoms with van der Waals surface area (Å²) in [5.74, 6) is -0.363. The van der Waals surface area contributed by atoms with Crippen LogP contribution in [0.1, 0.15) is 21.5 Å². The van der Waals surface area contributed by atoms with E-state index in [4.69, 9.17) is 0 Å². The minimum Gasteiger partial charge on any atom is -0.348 e. The predicted molar refractivity (Wildman–Crippen MR) is 105 cm³/mol. The summed E-state index contributed by atoms with van der Waals surface area (Å²) in [6.07, 6.45) is 4.62. The molecule has 3 rings (SSSR count). The first-order valence-electron chi connectivity index (χ1n) is 8.71. The summed E-state index contributed by atoms with van der Waals surface area (Å²) in [6.45, 7) is 1.19. The molecule has 1 N–H and O–H groups in total. The molecule has 1 amide bonds. The van der Waals surface area contributed by atoms with E-state index in [9.17, 15) is 14.9 Å². The molecule has 1 aromatic heterocycles. The summed E-state index contributed by atoms with van der Waals surface area (Å²) in [6, 6.07) is 12.4. The number of rotatable bonds is 7. The maximum Gasteiger partial charge on any atom is 0.294 e. The number of aromatic nitrogens is 2. The summed E-state index contributed by atoms with van der Waals surface area (Å²) < 4.78 is 1.54. The number of nitrogens with one attached hydrogen (secondary N) is 1. The Bertz CT molecular complexity index is 966. The van der Waals surface area contributed by atoms with E-state index in [0.717, 1.165) is 12.1 Å². The molecule has 0 bridgehead atoms. The Balaban J connectivity index is 1.70. The van der Waals surface area contributed by atoms with Gasteiger partial charge in [-0.3, -0.25) is 14.9 Å². The first-order valence-corrected chi connectivity index (χ1v) is 8.71. The Labute approximate surface area is 162 Å². The van der Waals surface area contributed by atoms with Gasteiger partial charge in [0, 0.05) is 37.1 Å². The number of imidazole rings is 1. The molecule has 144 valence electrons. The van der Waals surface area contributed by atoms with Gasteiger partial charge in [0.2, 0.25) is 0 Å². The van der Waals surface area contributed by atoms with Gasteiger partial charge in [0.05, 0.1) is 11.3 Å². The molecule has 0 aliphatic rings. The number of carbonyl (C=O) groups is 1. The van der Waals surface area contributed by atoms with Gasteiger partial charge in [-0.1, -0.05) is 24.3 Å². The number of carbonyl (C=O) groups excluding carboxylic acids is 1. The number of nitrogens with zero attached hydrogens (tertiary/aromatic N) is 4. The lowest BCUT2D eigenvalue weighted by Gasteiger charge is -2.11. The van der Waals surface area contributed by atoms with Crippen molar-refractivity contribution in [3.8, 4) is 5.69 Å². The zero-order valence-corrected chi connectivity index (χ0v) is 15.7. The lowest BCUT2D eigenvalue weighted by molar-refractivity contribution is -0.384. The smallest absolute Gasteiger partial charge is 0.294 e. The Morgan fingerprint density at radius 2 is 1.89 bits per heavy atom. The molecule has 0 unspecified atom stereocenters. The third kappa shape index (κ3) is 4.60. The van der Waals surface area contributed by atoms with Crippen molar-refractivity contribution in [1.82, 2.24) is 19.8 Å². The zero-order chi connectivity index (χ0) is 20.1. The van der Waals surface area contributed by atoms with Crippen molar-refractivity contribution in [3.05, 3.63) is 88.0 Å². The summed E-state index contributed by atoms with van der Waals surface area (Å²) in [5.41, 5.74) is 2.58. The SMILES string of the molecule is CN(C)Cc1ccc(CNC(=O)c2ccc(-n3ccnc3)c([N+](=O)[O-])c2)cc1. The van der Waals surface area contributed by atoms with Crippen LogP contribution in [0.15, 0.2) is 61.2 Å². The Morgan fingerprint density at radius 1 is 1.18 bits per heavy atom. The average molecular weight is 379 g/mol. The molecule has 1 heterocycles. The normalized spacial score (nSPS) is 10.8. The second-order valence-corrected chi connectivity index (χ2v) is 6.67. The molecule has 0 saturated heterocycles. The number of hydrogen-bond donors (Lipinski definition) is 1. The predicted octanol–water partition coefficient (Wildman–Crippen LogP) is 2.77. The molecule has 0 aliphatic heterocycles. The number of nitro groups is 1. The van der Waals surface area contributed by atoms with Crippen LogP contribution in [-0.2, 0) is 13.1 Å². The molecule has 8 nitrogen and oxygen atoms in total. The molecule has 0 saturated carbocycles. The van der Waals surface area contributed by atoms with E-state index in [0.29, 0.717) is 12.2 Å². The van der Waals surface area contributed by atoms with Gasteiger partial charge in [0.25, 0.3) is 11.6 Å². The fourth-order valence-corrected chi connectivity index (χ4v) is 2.84. The van der Waals surface area contributed by atoms with Crippen molar-refractivity contribution >= 4 is 11.6 Å². The Hall–Kier alpha value is -3.52. The molecular weight excluding hydrogens is 358 g/mol. The molecule has 0 spiro atoms. The molecule has 0 aliphatic carbocycles. The molecular formula is C20H21N5O3. The highest BCUT2D eigenvalue weighted by Gasteiger charge is 2.18. The average Bonchev–Trinajstić information content (AvgIpc) is 3.21. The van der Waals surface area contributed by atoms with Crippen molar-refractivity contribution < 1.29 is 9.72 Å². The quantitative estimate of drug-likeness (QED) is 0.503. The first kappa shape index (κ1) is 19.2. The number of amides is 1. The molecule has 2 aromatic carbocycles. The van der Waals surface area contributed by atoms with E-state index < -0.39 is 4.92 Å². The highest BCUT2D eigenvalue weighted by molar-refractivity contribution is 5.95. The van der Waals surface area contributed by atoms with Gasteiger partial charge >= 0.3 is 0 Å². The van der Waals surface area contributed by atoms with Gasteiger partial charge in [0.1, 0.15) is 5.69 Å². The molecule has 8 heteroatoms. The van der Waals surface area contributed by atoms with Crippen molar-refractivity contribution in [2.45, 2.75) is 13.1 Å². The fraction of sp³-hybridized carbons (Fsp3) is 0.200. The zero-order valence-electron chi connectivity index (χ0n) is 15.7. The summed E-state index contributed by atoms with van der Waals surface area (Å²) in [4.78, 5) is 29.3. The minimum absolute atomic E-state index is 0.154. The lowest BCUT2D eigenvalue weighted by Crippen LogP contribution is -2.23. The molecule has 0 atom stereocenters. The van der Waals surface area contributed by atoms with Crippen LogP contribution in [0.25, 0.3) is 5.69 Å². The first-order chi connectivity index (χ1) is 13.4. The van der Waals surface area contributed by atoms with Crippen molar-refractivity contribution in [1.29, 1.82) is 0 Å². The van der Waals surface area contributed by atoms with E-state index in [2.05, 4.69) is 15.2 Å². The van der Waals surface area contributed by atoms with Crippen LogP contribution in [0, 0.1) is 10.1 Å². The van der Waals surface area contributed by atoms with Crippen LogP contribution in [0.3, 0.4) is 0 Å². The Kier molecular flexibility index (Phi) is 5.81. The largest absolute Gasteiger partial charge is 0.348 e. The van der Waals surface area contributed by atoms with Gasteiger partial charge in [-0.25, -0.2) is 4.98 Å². The lowest BCUT2D eigenvalue weighted by atomic mass is 10.1. The molecule has 0 fully saturated rings. The maximum atomic E-state index is 12.4. The van der Waals surface area contributed by atoms with Gasteiger partial charge < -0.3 is 14.8 Å². The van der Waals surface area contributed by atoms with E-state index in [-0.39, 0.29) is 17.2 Å². The van der Waals surface area contributed by atoms with Crippen LogP contribution >= 0.6 is 0 Å². The fourth-order valence-electron chi connectivity index (χ4n) is 2.84. The third-order valence-electron chi connectivity index (χ3n) is 4.19. The van der Waals surface area contributed by atoms with Gasteiger partial charge in [-0.15, -0.1) is 0 Å². The monoisotopic (exact) mass is 379 g/mol. The third-order valence-corrected chi connectivity index (χ3v) is 4.19. The van der Waals surface area contributed by atoms with Gasteiger partial charge in [-0.05, 0) is 37.4 Å². The summed E-state index contributed by atoms with van der Waals surface area (Å²) in [7, 11) is 4.01.